The van der Waals surface area contributed by atoms with E-state index < -0.39 is 5.91 Å². The van der Waals surface area contributed by atoms with E-state index in [1.807, 2.05) is 32.0 Å². The fourth-order valence-electron chi connectivity index (χ4n) is 2.34. The number of nitrogens with zero attached hydrogens (tertiary/aromatic N) is 4. The molecule has 0 aliphatic carbocycles. The largest absolute Gasteiger partial charge is 0.366 e. The number of aromatic nitrogens is 4. The van der Waals surface area contributed by atoms with Crippen LogP contribution in [-0.4, -0.2) is 37.8 Å². The number of aryl methyl sites for hydroxylation is 2. The van der Waals surface area contributed by atoms with Gasteiger partial charge in [0, 0.05) is 11.3 Å². The number of tetrazole rings is 1. The zero-order valence-electron chi connectivity index (χ0n) is 14.8. The van der Waals surface area contributed by atoms with Crippen LogP contribution in [0.1, 0.15) is 21.5 Å². The third-order valence-corrected chi connectivity index (χ3v) is 4.88. The smallest absolute Gasteiger partial charge is 0.248 e. The van der Waals surface area contributed by atoms with Crippen LogP contribution in [0.2, 0.25) is 0 Å². The fraction of sp³-hybridized carbons (Fsp3) is 0.167. The molecule has 3 rings (SSSR count). The Morgan fingerprint density at radius 2 is 1.85 bits per heavy atom. The van der Waals surface area contributed by atoms with Gasteiger partial charge in [0.05, 0.1) is 11.4 Å². The Labute approximate surface area is 160 Å². The van der Waals surface area contributed by atoms with Gasteiger partial charge in [-0.25, -0.2) is 0 Å². The van der Waals surface area contributed by atoms with E-state index in [-0.39, 0.29) is 11.7 Å². The van der Waals surface area contributed by atoms with Crippen LogP contribution in [0.15, 0.2) is 47.6 Å². The first-order valence-corrected chi connectivity index (χ1v) is 9.11. The van der Waals surface area contributed by atoms with Crippen molar-refractivity contribution in [2.45, 2.75) is 19.0 Å². The number of benzene rings is 2. The van der Waals surface area contributed by atoms with Crippen molar-refractivity contribution in [2.24, 2.45) is 5.73 Å². The molecule has 8 nitrogen and oxygen atoms in total. The molecule has 0 atom stereocenters. The van der Waals surface area contributed by atoms with E-state index in [1.165, 1.54) is 22.0 Å². The number of amides is 2. The van der Waals surface area contributed by atoms with Gasteiger partial charge in [0.2, 0.25) is 17.0 Å². The zero-order valence-corrected chi connectivity index (χ0v) is 15.7. The number of rotatable bonds is 6. The molecule has 1 aromatic heterocycles. The Kier molecular flexibility index (Phi) is 5.51. The number of carbonyl (C=O) groups excluding carboxylic acids is 2. The molecule has 0 saturated heterocycles. The maximum atomic E-state index is 12.2. The Bertz CT molecular complexity index is 984. The summed E-state index contributed by atoms with van der Waals surface area (Å²) in [6.07, 6.45) is 0. The van der Waals surface area contributed by atoms with Gasteiger partial charge < -0.3 is 11.1 Å². The van der Waals surface area contributed by atoms with E-state index in [4.69, 9.17) is 5.73 Å². The van der Waals surface area contributed by atoms with Gasteiger partial charge in [-0.15, -0.1) is 5.10 Å². The average molecular weight is 382 g/mol. The lowest BCUT2D eigenvalue weighted by molar-refractivity contribution is -0.113. The van der Waals surface area contributed by atoms with Gasteiger partial charge in [0.25, 0.3) is 0 Å². The summed E-state index contributed by atoms with van der Waals surface area (Å²) in [5.41, 5.74) is 9.35. The third kappa shape index (κ3) is 4.50. The van der Waals surface area contributed by atoms with Crippen molar-refractivity contribution in [1.82, 2.24) is 20.2 Å². The molecule has 138 valence electrons. The fourth-order valence-corrected chi connectivity index (χ4v) is 3.04. The molecular weight excluding hydrogens is 364 g/mol. The van der Waals surface area contributed by atoms with Crippen LogP contribution in [0.5, 0.6) is 0 Å². The van der Waals surface area contributed by atoms with Gasteiger partial charge in [-0.05, 0) is 71.8 Å². The van der Waals surface area contributed by atoms with Crippen molar-refractivity contribution >= 4 is 29.3 Å². The highest BCUT2D eigenvalue weighted by Gasteiger charge is 2.12. The zero-order chi connectivity index (χ0) is 19.4. The number of primary amides is 1. The molecule has 9 heteroatoms. The predicted molar refractivity (Wildman–Crippen MR) is 103 cm³/mol. The van der Waals surface area contributed by atoms with Gasteiger partial charge in [-0.1, -0.05) is 17.8 Å². The standard InChI is InChI=1S/C18H18N6O2S/c1-11-3-6-14(9-12(11)2)20-16(25)10-27-18-21-22-23-24(18)15-7-4-13(5-8-15)17(19)26/h3-9H,10H2,1-2H3,(H2,19,26)(H,20,25). The summed E-state index contributed by atoms with van der Waals surface area (Å²) in [5, 5.41) is 14.9. The molecule has 3 N–H and O–H groups in total. The maximum absolute atomic E-state index is 12.2. The van der Waals surface area contributed by atoms with E-state index in [0.717, 1.165) is 11.3 Å². The lowest BCUT2D eigenvalue weighted by Crippen LogP contribution is -2.15. The number of carbonyl (C=O) groups is 2. The second-order valence-electron chi connectivity index (χ2n) is 5.92. The Hall–Kier alpha value is -3.20. The summed E-state index contributed by atoms with van der Waals surface area (Å²) >= 11 is 1.22. The molecule has 2 aromatic carbocycles. The maximum Gasteiger partial charge on any atom is 0.248 e. The molecule has 0 unspecified atom stereocenters. The Morgan fingerprint density at radius 1 is 1.11 bits per heavy atom. The number of hydrogen-bond donors (Lipinski definition) is 2. The van der Waals surface area contributed by atoms with Gasteiger partial charge in [-0.3, -0.25) is 9.59 Å². The average Bonchev–Trinajstić information content (AvgIpc) is 3.12. The summed E-state index contributed by atoms with van der Waals surface area (Å²) in [6, 6.07) is 12.3. The van der Waals surface area contributed by atoms with Crippen LogP contribution in [-0.2, 0) is 4.79 Å². The van der Waals surface area contributed by atoms with Crippen molar-refractivity contribution in [3.8, 4) is 5.69 Å². The number of nitrogens with one attached hydrogen (secondary N) is 1. The van der Waals surface area contributed by atoms with Crippen LogP contribution in [0.4, 0.5) is 5.69 Å². The molecule has 2 amide bonds. The monoisotopic (exact) mass is 382 g/mol. The van der Waals surface area contributed by atoms with Crippen LogP contribution < -0.4 is 11.1 Å². The SMILES string of the molecule is Cc1ccc(NC(=O)CSc2nnnn2-c2ccc(C(N)=O)cc2)cc1C. The van der Waals surface area contributed by atoms with Crippen LogP contribution >= 0.6 is 11.8 Å². The predicted octanol–water partition coefficient (Wildman–Crippen LogP) is 2.11. The van der Waals surface area contributed by atoms with E-state index >= 15 is 0 Å². The van der Waals surface area contributed by atoms with Crippen molar-refractivity contribution in [3.05, 3.63) is 59.2 Å². The number of hydrogen-bond acceptors (Lipinski definition) is 6. The van der Waals surface area contributed by atoms with Gasteiger partial charge in [0.1, 0.15) is 0 Å². The molecule has 1 heterocycles. The summed E-state index contributed by atoms with van der Waals surface area (Å²) in [7, 11) is 0. The molecule has 0 spiro atoms. The lowest BCUT2D eigenvalue weighted by Gasteiger charge is -2.08. The quantitative estimate of drug-likeness (QED) is 0.631. The second-order valence-corrected chi connectivity index (χ2v) is 6.86. The molecule has 0 bridgehead atoms. The summed E-state index contributed by atoms with van der Waals surface area (Å²) in [6.45, 7) is 4.02. The summed E-state index contributed by atoms with van der Waals surface area (Å²) < 4.78 is 1.50. The Balaban J connectivity index is 1.65. The molecule has 0 saturated carbocycles. The minimum absolute atomic E-state index is 0.151. The minimum Gasteiger partial charge on any atom is -0.366 e. The number of nitrogens with two attached hydrogens (primary N) is 1. The van der Waals surface area contributed by atoms with E-state index in [1.54, 1.807) is 24.3 Å². The molecule has 0 fully saturated rings. The first-order chi connectivity index (χ1) is 12.9. The van der Waals surface area contributed by atoms with Crippen molar-refractivity contribution in [2.75, 3.05) is 11.1 Å². The molecule has 0 aliphatic heterocycles. The van der Waals surface area contributed by atoms with Crippen molar-refractivity contribution < 1.29 is 9.59 Å². The highest BCUT2D eigenvalue weighted by molar-refractivity contribution is 7.99. The van der Waals surface area contributed by atoms with E-state index in [0.29, 0.717) is 16.4 Å². The number of thioether (sulfide) groups is 1. The van der Waals surface area contributed by atoms with Crippen molar-refractivity contribution in [3.63, 3.8) is 0 Å². The summed E-state index contributed by atoms with van der Waals surface area (Å²) in [4.78, 5) is 23.4. The summed E-state index contributed by atoms with van der Waals surface area (Å²) in [5.74, 6) is -0.495. The van der Waals surface area contributed by atoms with Gasteiger partial charge in [0.15, 0.2) is 0 Å². The number of anilines is 1. The topological polar surface area (TPSA) is 116 Å². The normalized spacial score (nSPS) is 10.6. The minimum atomic E-state index is -0.504. The molecule has 27 heavy (non-hydrogen) atoms. The van der Waals surface area contributed by atoms with Crippen LogP contribution in [0.3, 0.4) is 0 Å². The van der Waals surface area contributed by atoms with Crippen molar-refractivity contribution in [1.29, 1.82) is 0 Å². The van der Waals surface area contributed by atoms with E-state index in [9.17, 15) is 9.59 Å². The van der Waals surface area contributed by atoms with Gasteiger partial charge >= 0.3 is 0 Å². The Morgan fingerprint density at radius 3 is 2.52 bits per heavy atom. The molecule has 0 radical (unpaired) electrons. The first kappa shape index (κ1) is 18.6. The molecule has 3 aromatic rings. The van der Waals surface area contributed by atoms with E-state index in [2.05, 4.69) is 20.8 Å². The van der Waals surface area contributed by atoms with Gasteiger partial charge in [-0.2, -0.15) is 4.68 Å². The molecule has 0 aliphatic rings. The molecular formula is C18H18N6O2S. The highest BCUT2D eigenvalue weighted by atomic mass is 32.2. The highest BCUT2D eigenvalue weighted by Crippen LogP contribution is 2.19. The third-order valence-electron chi connectivity index (χ3n) is 3.96. The van der Waals surface area contributed by atoms with Crippen LogP contribution in [0, 0.1) is 13.8 Å². The second kappa shape index (κ2) is 8.00. The first-order valence-electron chi connectivity index (χ1n) is 8.12. The van der Waals surface area contributed by atoms with Crippen LogP contribution in [0.25, 0.3) is 5.69 Å². The lowest BCUT2D eigenvalue weighted by atomic mass is 10.1.